The second kappa shape index (κ2) is 10.7. The van der Waals surface area contributed by atoms with Gasteiger partial charge in [0.1, 0.15) is 5.75 Å². The van der Waals surface area contributed by atoms with Gasteiger partial charge in [0.25, 0.3) is 11.8 Å². The Hall–Kier alpha value is -2.93. The van der Waals surface area contributed by atoms with E-state index >= 15 is 0 Å². The van der Waals surface area contributed by atoms with E-state index in [2.05, 4.69) is 0 Å². The highest BCUT2D eigenvalue weighted by Gasteiger charge is 2.22. The highest BCUT2D eigenvalue weighted by Crippen LogP contribution is 2.25. The summed E-state index contributed by atoms with van der Waals surface area (Å²) in [4.78, 5) is 28.5. The standard InChI is InChI=1S/C22H25ClN2O5/c1-28-19-5-2-3-6-20(19)30-16-22(27)25-12-4-11-24(13-14-25)21(26)15-29-18-9-7-17(23)8-10-18/h2-3,5-10H,4,11-16H2,1H3. The zero-order chi connectivity index (χ0) is 21.3. The van der Waals surface area contributed by atoms with E-state index in [-0.39, 0.29) is 25.0 Å². The minimum atomic E-state index is -0.118. The van der Waals surface area contributed by atoms with E-state index in [1.807, 2.05) is 12.1 Å². The van der Waals surface area contributed by atoms with Crippen LogP contribution in [-0.2, 0) is 9.59 Å². The van der Waals surface area contributed by atoms with Crippen molar-refractivity contribution in [2.45, 2.75) is 6.42 Å². The van der Waals surface area contributed by atoms with E-state index in [0.29, 0.717) is 54.9 Å². The third-order valence-electron chi connectivity index (χ3n) is 4.80. The van der Waals surface area contributed by atoms with Gasteiger partial charge in [-0.1, -0.05) is 23.7 Å². The van der Waals surface area contributed by atoms with Crippen molar-refractivity contribution >= 4 is 23.4 Å². The molecule has 1 aliphatic rings. The summed E-state index contributed by atoms with van der Waals surface area (Å²) in [5.41, 5.74) is 0. The normalized spacial score (nSPS) is 14.1. The van der Waals surface area contributed by atoms with Crippen molar-refractivity contribution in [3.05, 3.63) is 53.6 Å². The fourth-order valence-corrected chi connectivity index (χ4v) is 3.28. The zero-order valence-corrected chi connectivity index (χ0v) is 17.6. The SMILES string of the molecule is COc1ccccc1OCC(=O)N1CCCN(C(=O)COc2ccc(Cl)cc2)CC1. The molecule has 8 heteroatoms. The van der Waals surface area contributed by atoms with Crippen LogP contribution in [-0.4, -0.2) is 68.1 Å². The van der Waals surface area contributed by atoms with Crippen molar-refractivity contribution in [1.82, 2.24) is 9.80 Å². The molecule has 2 aromatic carbocycles. The quantitative estimate of drug-likeness (QED) is 0.673. The number of halogens is 1. The number of methoxy groups -OCH3 is 1. The van der Waals surface area contributed by atoms with Crippen LogP contribution in [0.2, 0.25) is 5.02 Å². The molecule has 0 unspecified atom stereocenters. The van der Waals surface area contributed by atoms with Gasteiger partial charge in [-0.2, -0.15) is 0 Å². The van der Waals surface area contributed by atoms with Gasteiger partial charge in [0.05, 0.1) is 7.11 Å². The maximum Gasteiger partial charge on any atom is 0.260 e. The predicted molar refractivity (Wildman–Crippen MR) is 113 cm³/mol. The predicted octanol–water partition coefficient (Wildman–Crippen LogP) is 2.87. The van der Waals surface area contributed by atoms with Gasteiger partial charge < -0.3 is 24.0 Å². The van der Waals surface area contributed by atoms with Crippen LogP contribution < -0.4 is 14.2 Å². The smallest absolute Gasteiger partial charge is 0.260 e. The van der Waals surface area contributed by atoms with Crippen molar-refractivity contribution in [1.29, 1.82) is 0 Å². The lowest BCUT2D eigenvalue weighted by Crippen LogP contribution is -2.40. The first kappa shape index (κ1) is 21.8. The average Bonchev–Trinajstić information content (AvgIpc) is 3.03. The summed E-state index contributed by atoms with van der Waals surface area (Å²) in [5, 5.41) is 0.612. The molecule has 0 atom stereocenters. The number of carbonyl (C=O) groups is 2. The monoisotopic (exact) mass is 432 g/mol. The van der Waals surface area contributed by atoms with Crippen LogP contribution >= 0.6 is 11.6 Å². The second-order valence-electron chi connectivity index (χ2n) is 6.80. The molecule has 30 heavy (non-hydrogen) atoms. The van der Waals surface area contributed by atoms with Gasteiger partial charge in [0.15, 0.2) is 24.7 Å². The molecule has 2 aromatic rings. The Bertz CT molecular complexity index is 859. The van der Waals surface area contributed by atoms with Crippen molar-refractivity contribution in [3.8, 4) is 17.2 Å². The third-order valence-corrected chi connectivity index (χ3v) is 5.05. The highest BCUT2D eigenvalue weighted by molar-refractivity contribution is 6.30. The fraction of sp³-hybridized carbons (Fsp3) is 0.364. The summed E-state index contributed by atoms with van der Waals surface area (Å²) in [6, 6.07) is 14.1. The summed E-state index contributed by atoms with van der Waals surface area (Å²) < 4.78 is 16.4. The summed E-state index contributed by atoms with van der Waals surface area (Å²) in [6.07, 6.45) is 0.701. The second-order valence-corrected chi connectivity index (χ2v) is 7.23. The number of carbonyl (C=O) groups excluding carboxylic acids is 2. The van der Waals surface area contributed by atoms with E-state index < -0.39 is 0 Å². The number of amides is 2. The lowest BCUT2D eigenvalue weighted by molar-refractivity contribution is -0.135. The summed E-state index contributed by atoms with van der Waals surface area (Å²) in [6.45, 7) is 1.96. The molecule has 0 aliphatic carbocycles. The van der Waals surface area contributed by atoms with Crippen molar-refractivity contribution < 1.29 is 23.8 Å². The Balaban J connectivity index is 1.46. The van der Waals surface area contributed by atoms with Gasteiger partial charge in [-0.15, -0.1) is 0 Å². The van der Waals surface area contributed by atoms with Crippen LogP contribution in [0.5, 0.6) is 17.2 Å². The number of nitrogens with zero attached hydrogens (tertiary/aromatic N) is 2. The molecular formula is C22H25ClN2O5. The molecule has 160 valence electrons. The lowest BCUT2D eigenvalue weighted by atomic mass is 10.3. The van der Waals surface area contributed by atoms with Crippen molar-refractivity contribution in [2.24, 2.45) is 0 Å². The summed E-state index contributed by atoms with van der Waals surface area (Å²) in [5.74, 6) is 1.47. The Morgan fingerprint density at radius 2 is 1.40 bits per heavy atom. The van der Waals surface area contributed by atoms with Gasteiger partial charge in [-0.05, 0) is 42.8 Å². The number of para-hydroxylation sites is 2. The summed E-state index contributed by atoms with van der Waals surface area (Å²) in [7, 11) is 1.56. The topological polar surface area (TPSA) is 68.3 Å². The number of ether oxygens (including phenoxy) is 3. The molecule has 2 amide bonds. The molecule has 0 saturated carbocycles. The Morgan fingerprint density at radius 3 is 2.00 bits per heavy atom. The minimum absolute atomic E-state index is 0.0491. The van der Waals surface area contributed by atoms with Crippen LogP contribution in [0.4, 0.5) is 0 Å². The molecular weight excluding hydrogens is 408 g/mol. The van der Waals surface area contributed by atoms with E-state index in [1.54, 1.807) is 53.3 Å². The van der Waals surface area contributed by atoms with Crippen LogP contribution in [0.1, 0.15) is 6.42 Å². The third kappa shape index (κ3) is 6.03. The molecule has 1 aliphatic heterocycles. The number of hydrogen-bond acceptors (Lipinski definition) is 5. The van der Waals surface area contributed by atoms with E-state index in [1.165, 1.54) is 0 Å². The van der Waals surface area contributed by atoms with Gasteiger partial charge in [-0.3, -0.25) is 9.59 Å². The average molecular weight is 433 g/mol. The van der Waals surface area contributed by atoms with Crippen molar-refractivity contribution in [3.63, 3.8) is 0 Å². The first-order valence-electron chi connectivity index (χ1n) is 9.76. The molecule has 7 nitrogen and oxygen atoms in total. The Morgan fingerprint density at radius 1 is 0.833 bits per heavy atom. The summed E-state index contributed by atoms with van der Waals surface area (Å²) >= 11 is 5.85. The van der Waals surface area contributed by atoms with Crippen molar-refractivity contribution in [2.75, 3.05) is 46.5 Å². The Kier molecular flexibility index (Phi) is 7.79. The van der Waals surface area contributed by atoms with Crippen LogP contribution in [0.25, 0.3) is 0 Å². The molecule has 3 rings (SSSR count). The zero-order valence-electron chi connectivity index (χ0n) is 16.9. The Labute approximate surface area is 181 Å². The van der Waals surface area contributed by atoms with E-state index in [0.717, 1.165) is 0 Å². The van der Waals surface area contributed by atoms with Crippen LogP contribution in [0, 0.1) is 0 Å². The molecule has 0 N–H and O–H groups in total. The van der Waals surface area contributed by atoms with Gasteiger partial charge in [0, 0.05) is 31.2 Å². The lowest BCUT2D eigenvalue weighted by Gasteiger charge is -2.22. The van der Waals surface area contributed by atoms with E-state index in [9.17, 15) is 9.59 Å². The molecule has 0 spiro atoms. The maximum atomic E-state index is 12.6. The van der Waals surface area contributed by atoms with Crippen LogP contribution in [0.15, 0.2) is 48.5 Å². The largest absolute Gasteiger partial charge is 0.493 e. The van der Waals surface area contributed by atoms with Gasteiger partial charge in [0.2, 0.25) is 0 Å². The van der Waals surface area contributed by atoms with Gasteiger partial charge in [-0.25, -0.2) is 0 Å². The molecule has 0 bridgehead atoms. The molecule has 0 radical (unpaired) electrons. The van der Waals surface area contributed by atoms with Crippen LogP contribution in [0.3, 0.4) is 0 Å². The first-order chi connectivity index (χ1) is 14.6. The number of rotatable bonds is 7. The van der Waals surface area contributed by atoms with E-state index in [4.69, 9.17) is 25.8 Å². The highest BCUT2D eigenvalue weighted by atomic mass is 35.5. The molecule has 1 fully saturated rings. The molecule has 1 saturated heterocycles. The van der Waals surface area contributed by atoms with Gasteiger partial charge >= 0.3 is 0 Å². The molecule has 0 aromatic heterocycles. The fourth-order valence-electron chi connectivity index (χ4n) is 3.15. The maximum absolute atomic E-state index is 12.6. The molecule has 1 heterocycles. The minimum Gasteiger partial charge on any atom is -0.493 e. The number of hydrogen-bond donors (Lipinski definition) is 0. The first-order valence-corrected chi connectivity index (χ1v) is 10.1. The number of benzene rings is 2.